The van der Waals surface area contributed by atoms with Gasteiger partial charge in [-0.15, -0.1) is 11.3 Å². The van der Waals surface area contributed by atoms with Gasteiger partial charge in [0.25, 0.3) is 11.5 Å². The minimum atomic E-state index is -0.0624. The Labute approximate surface area is 155 Å². The summed E-state index contributed by atoms with van der Waals surface area (Å²) in [5.41, 5.74) is 3.99. The number of nitrogens with zero attached hydrogens (tertiary/aromatic N) is 3. The van der Waals surface area contributed by atoms with Crippen molar-refractivity contribution in [2.24, 2.45) is 7.05 Å². The van der Waals surface area contributed by atoms with Gasteiger partial charge in [-0.3, -0.25) is 14.2 Å². The van der Waals surface area contributed by atoms with Gasteiger partial charge in [-0.25, -0.2) is 4.98 Å². The molecule has 2 aromatic heterocycles. The Morgan fingerprint density at radius 3 is 2.62 bits per heavy atom. The van der Waals surface area contributed by atoms with Gasteiger partial charge in [0.15, 0.2) is 0 Å². The maximum atomic E-state index is 13.2. The summed E-state index contributed by atoms with van der Waals surface area (Å²) in [4.78, 5) is 33.0. The lowest BCUT2D eigenvalue weighted by molar-refractivity contribution is 0.0751. The van der Waals surface area contributed by atoms with Gasteiger partial charge < -0.3 is 4.90 Å². The van der Waals surface area contributed by atoms with Gasteiger partial charge in [-0.05, 0) is 19.4 Å². The number of hydrogen-bond donors (Lipinski definition) is 0. The number of hydrogen-bond acceptors (Lipinski definition) is 4. The first-order valence-electron chi connectivity index (χ1n) is 8.45. The second-order valence-electron chi connectivity index (χ2n) is 6.56. The van der Waals surface area contributed by atoms with Crippen LogP contribution in [0.2, 0.25) is 0 Å². The van der Waals surface area contributed by atoms with Crippen LogP contribution in [0.15, 0.2) is 40.5 Å². The van der Waals surface area contributed by atoms with E-state index in [1.807, 2.05) is 49.6 Å². The average molecular weight is 365 g/mol. The molecule has 1 aromatic carbocycles. The Hall–Kier alpha value is -2.73. The zero-order valence-corrected chi connectivity index (χ0v) is 15.8. The van der Waals surface area contributed by atoms with E-state index in [0.717, 1.165) is 16.0 Å². The summed E-state index contributed by atoms with van der Waals surface area (Å²) < 4.78 is 1.54. The third-order valence-electron chi connectivity index (χ3n) is 4.94. The van der Waals surface area contributed by atoms with E-state index in [1.165, 1.54) is 4.57 Å². The lowest BCUT2D eigenvalue weighted by atomic mass is 10.0. The number of aromatic nitrogens is 2. The largest absolute Gasteiger partial charge is 0.328 e. The van der Waals surface area contributed by atoms with E-state index in [2.05, 4.69) is 4.98 Å². The van der Waals surface area contributed by atoms with Gasteiger partial charge in [-0.2, -0.15) is 0 Å². The van der Waals surface area contributed by atoms with Crippen molar-refractivity contribution in [3.63, 3.8) is 0 Å². The molecule has 0 saturated carbocycles. The third-order valence-corrected chi connectivity index (χ3v) is 5.85. The van der Waals surface area contributed by atoms with E-state index >= 15 is 0 Å². The number of carbonyl (C=O) groups excluding carboxylic acids is 1. The molecule has 1 amide bonds. The highest BCUT2D eigenvalue weighted by molar-refractivity contribution is 7.10. The Balaban J connectivity index is 1.71. The minimum absolute atomic E-state index is 0.0501. The number of benzene rings is 1. The molecule has 3 heterocycles. The molecule has 0 unspecified atom stereocenters. The first kappa shape index (κ1) is 16.7. The van der Waals surface area contributed by atoms with Crippen LogP contribution in [0.1, 0.15) is 32.3 Å². The Bertz CT molecular complexity index is 1070. The Morgan fingerprint density at radius 1 is 1.15 bits per heavy atom. The van der Waals surface area contributed by atoms with Crippen molar-refractivity contribution in [2.45, 2.75) is 26.9 Å². The van der Waals surface area contributed by atoms with Gasteiger partial charge in [0, 0.05) is 22.9 Å². The predicted molar refractivity (Wildman–Crippen MR) is 102 cm³/mol. The van der Waals surface area contributed by atoms with E-state index in [1.54, 1.807) is 23.3 Å². The summed E-state index contributed by atoms with van der Waals surface area (Å²) in [7, 11) is 1.71. The maximum Gasteiger partial charge on any atom is 0.258 e. The Kier molecular flexibility index (Phi) is 4.00. The molecular weight excluding hydrogens is 346 g/mol. The second-order valence-corrected chi connectivity index (χ2v) is 7.64. The van der Waals surface area contributed by atoms with E-state index in [4.69, 9.17) is 0 Å². The minimum Gasteiger partial charge on any atom is -0.328 e. The number of amides is 1. The van der Waals surface area contributed by atoms with Crippen molar-refractivity contribution >= 4 is 17.2 Å². The Morgan fingerprint density at radius 2 is 1.88 bits per heavy atom. The number of aryl methyl sites for hydroxylation is 2. The zero-order chi connectivity index (χ0) is 18.4. The van der Waals surface area contributed by atoms with Crippen LogP contribution in [0.3, 0.4) is 0 Å². The lowest BCUT2D eigenvalue weighted by Crippen LogP contribution is -2.27. The van der Waals surface area contributed by atoms with Gasteiger partial charge >= 0.3 is 0 Å². The number of fused-ring (bicyclic) bond motifs is 1. The summed E-state index contributed by atoms with van der Waals surface area (Å²) in [6, 6.07) is 9.95. The van der Waals surface area contributed by atoms with Crippen LogP contribution < -0.4 is 5.56 Å². The fourth-order valence-corrected chi connectivity index (χ4v) is 4.28. The van der Waals surface area contributed by atoms with E-state index < -0.39 is 0 Å². The highest BCUT2D eigenvalue weighted by atomic mass is 32.1. The van der Waals surface area contributed by atoms with E-state index in [9.17, 15) is 9.59 Å². The monoisotopic (exact) mass is 365 g/mol. The molecule has 0 fully saturated rings. The summed E-state index contributed by atoms with van der Waals surface area (Å²) >= 11 is 1.58. The maximum absolute atomic E-state index is 13.2. The molecule has 0 bridgehead atoms. The number of thiophene rings is 1. The first-order valence-corrected chi connectivity index (χ1v) is 9.33. The van der Waals surface area contributed by atoms with Gasteiger partial charge in [0.05, 0.1) is 29.9 Å². The molecule has 0 radical (unpaired) electrons. The van der Waals surface area contributed by atoms with Crippen LogP contribution in [0.5, 0.6) is 0 Å². The van der Waals surface area contributed by atoms with Crippen molar-refractivity contribution in [3.8, 4) is 11.1 Å². The lowest BCUT2D eigenvalue weighted by Gasteiger charge is -2.16. The molecule has 1 aliphatic rings. The fourth-order valence-electron chi connectivity index (χ4n) is 3.42. The number of carbonyl (C=O) groups is 1. The molecule has 0 N–H and O–H groups in total. The molecule has 6 heteroatoms. The third kappa shape index (κ3) is 2.57. The molecule has 0 saturated heterocycles. The molecule has 3 aromatic rings. The van der Waals surface area contributed by atoms with Crippen LogP contribution in [0, 0.1) is 13.8 Å². The van der Waals surface area contributed by atoms with Gasteiger partial charge in [0.1, 0.15) is 5.82 Å². The predicted octanol–water partition coefficient (Wildman–Crippen LogP) is 3.28. The summed E-state index contributed by atoms with van der Waals surface area (Å²) in [5.74, 6) is 0.616. The molecule has 0 aliphatic carbocycles. The van der Waals surface area contributed by atoms with Crippen LogP contribution in [-0.4, -0.2) is 20.4 Å². The smallest absolute Gasteiger partial charge is 0.258 e. The summed E-state index contributed by atoms with van der Waals surface area (Å²) in [5, 5.41) is 1.92. The quantitative estimate of drug-likeness (QED) is 0.700. The van der Waals surface area contributed by atoms with Gasteiger partial charge in [0.2, 0.25) is 0 Å². The van der Waals surface area contributed by atoms with Crippen LogP contribution >= 0.6 is 11.3 Å². The molecule has 26 heavy (non-hydrogen) atoms. The second kappa shape index (κ2) is 6.21. The topological polar surface area (TPSA) is 55.2 Å². The number of rotatable bonds is 2. The molecule has 0 spiro atoms. The molecule has 4 rings (SSSR count). The molecule has 1 aliphatic heterocycles. The van der Waals surface area contributed by atoms with Crippen molar-refractivity contribution < 1.29 is 4.79 Å². The van der Waals surface area contributed by atoms with E-state index in [0.29, 0.717) is 35.7 Å². The van der Waals surface area contributed by atoms with Crippen LogP contribution in [0.25, 0.3) is 11.1 Å². The highest BCUT2D eigenvalue weighted by Gasteiger charge is 2.30. The highest BCUT2D eigenvalue weighted by Crippen LogP contribution is 2.34. The van der Waals surface area contributed by atoms with E-state index in [-0.39, 0.29) is 11.5 Å². The normalized spacial score (nSPS) is 13.1. The molecule has 0 atom stereocenters. The SMILES string of the molecule is Cc1scc(C(=O)N2Cc3nc(C)n(C)c(=O)c3C2)c1-c1ccccc1. The average Bonchev–Trinajstić information content (AvgIpc) is 3.24. The fraction of sp³-hybridized carbons (Fsp3) is 0.250. The molecular formula is C20H19N3O2S. The molecule has 5 nitrogen and oxygen atoms in total. The van der Waals surface area contributed by atoms with Gasteiger partial charge in [-0.1, -0.05) is 30.3 Å². The summed E-state index contributed by atoms with van der Waals surface area (Å²) in [6.07, 6.45) is 0. The van der Waals surface area contributed by atoms with Crippen LogP contribution in [-0.2, 0) is 20.1 Å². The van der Waals surface area contributed by atoms with Crippen molar-refractivity contribution in [2.75, 3.05) is 0 Å². The van der Waals surface area contributed by atoms with Crippen molar-refractivity contribution in [1.29, 1.82) is 0 Å². The van der Waals surface area contributed by atoms with Crippen molar-refractivity contribution in [1.82, 2.24) is 14.5 Å². The first-order chi connectivity index (χ1) is 12.5. The summed E-state index contributed by atoms with van der Waals surface area (Å²) in [6.45, 7) is 4.54. The zero-order valence-electron chi connectivity index (χ0n) is 14.9. The van der Waals surface area contributed by atoms with Crippen molar-refractivity contribution in [3.05, 3.63) is 73.6 Å². The standard InChI is InChI=1S/C20H19N3O2S/c1-12-18(14-7-5-4-6-8-14)16(11-26-12)20(25)23-9-15-17(10-23)21-13(2)22(3)19(15)24/h4-8,11H,9-10H2,1-3H3. The molecule has 132 valence electrons. The van der Waals surface area contributed by atoms with Crippen LogP contribution in [0.4, 0.5) is 0 Å².